The second-order valence-electron chi connectivity index (χ2n) is 8.59. The summed E-state index contributed by atoms with van der Waals surface area (Å²) in [7, 11) is 0. The third-order valence-electron chi connectivity index (χ3n) is 6.89. The number of nitrogens with zero attached hydrogens (tertiary/aromatic N) is 1. The number of nitrogens with one attached hydrogen (secondary N) is 2. The van der Waals surface area contributed by atoms with Crippen molar-refractivity contribution in [1.82, 2.24) is 5.32 Å². The van der Waals surface area contributed by atoms with Crippen molar-refractivity contribution < 1.29 is 4.74 Å². The minimum Gasteiger partial charge on any atom is -0.375 e. The zero-order valence-electron chi connectivity index (χ0n) is 16.9. The van der Waals surface area contributed by atoms with Gasteiger partial charge in [-0.25, -0.2) is 0 Å². The van der Waals surface area contributed by atoms with E-state index in [1.165, 1.54) is 50.9 Å². The van der Waals surface area contributed by atoms with Crippen LogP contribution in [-0.4, -0.2) is 32.3 Å². The highest BCUT2D eigenvalue weighted by molar-refractivity contribution is 5.97. The van der Waals surface area contributed by atoms with E-state index in [4.69, 9.17) is 4.74 Å². The lowest BCUT2D eigenvalue weighted by molar-refractivity contribution is 0.130. The summed E-state index contributed by atoms with van der Waals surface area (Å²) >= 11 is 0. The Morgan fingerprint density at radius 2 is 2.07 bits per heavy atom. The van der Waals surface area contributed by atoms with Crippen molar-refractivity contribution in [2.24, 2.45) is 0 Å². The van der Waals surface area contributed by atoms with Gasteiger partial charge in [0.05, 0.1) is 13.2 Å². The molecule has 0 spiro atoms. The number of hydrogen-bond donors (Lipinski definition) is 2. The normalized spacial score (nSPS) is 22.9. The molecular weight excluding hydrogens is 358 g/mol. The third-order valence-corrected chi connectivity index (χ3v) is 6.89. The van der Waals surface area contributed by atoms with Crippen LogP contribution in [0.2, 0.25) is 0 Å². The van der Waals surface area contributed by atoms with Crippen molar-refractivity contribution in [3.63, 3.8) is 0 Å². The summed E-state index contributed by atoms with van der Waals surface area (Å²) in [5.41, 5.74) is 7.92. The molecule has 0 saturated carbocycles. The van der Waals surface area contributed by atoms with E-state index in [0.717, 1.165) is 26.2 Å². The van der Waals surface area contributed by atoms with E-state index in [9.17, 15) is 0 Å². The Balaban J connectivity index is 1.47. The van der Waals surface area contributed by atoms with Gasteiger partial charge in [0.25, 0.3) is 0 Å². The van der Waals surface area contributed by atoms with Crippen molar-refractivity contribution in [2.45, 2.75) is 31.9 Å². The quantitative estimate of drug-likeness (QED) is 0.671. The van der Waals surface area contributed by atoms with Crippen molar-refractivity contribution in [3.8, 4) is 0 Å². The number of rotatable bonds is 2. The van der Waals surface area contributed by atoms with E-state index in [0.29, 0.717) is 18.6 Å². The van der Waals surface area contributed by atoms with Crippen molar-refractivity contribution in [1.29, 1.82) is 0 Å². The van der Waals surface area contributed by atoms with Crippen LogP contribution in [0.3, 0.4) is 0 Å². The van der Waals surface area contributed by atoms with E-state index < -0.39 is 0 Å². The predicted molar refractivity (Wildman–Crippen MR) is 119 cm³/mol. The fourth-order valence-electron chi connectivity index (χ4n) is 5.55. The molecule has 4 heteroatoms. The lowest BCUT2D eigenvalue weighted by atomic mass is 9.89. The minimum atomic E-state index is 0.575. The Morgan fingerprint density at radius 1 is 1.14 bits per heavy atom. The zero-order valence-corrected chi connectivity index (χ0v) is 16.9. The first-order valence-corrected chi connectivity index (χ1v) is 10.8. The SMILES string of the molecule is Cc1ccc2ccccc2c1Nc1cc2c3c(c1)[C@@H]1CNCC[C@@H]1N3CCOC2. The molecule has 3 aromatic rings. The van der Waals surface area contributed by atoms with Gasteiger partial charge < -0.3 is 20.3 Å². The number of anilines is 3. The van der Waals surface area contributed by atoms with Crippen LogP contribution in [0.1, 0.15) is 29.0 Å². The second-order valence-corrected chi connectivity index (χ2v) is 8.59. The molecule has 29 heavy (non-hydrogen) atoms. The highest BCUT2D eigenvalue weighted by Crippen LogP contribution is 2.48. The first kappa shape index (κ1) is 17.3. The highest BCUT2D eigenvalue weighted by Gasteiger charge is 2.41. The van der Waals surface area contributed by atoms with Crippen LogP contribution in [-0.2, 0) is 11.3 Å². The summed E-state index contributed by atoms with van der Waals surface area (Å²) in [5.74, 6) is 0.575. The number of ether oxygens (including phenoxy) is 1. The number of benzene rings is 3. The second kappa shape index (κ2) is 6.75. The molecule has 0 unspecified atom stereocenters. The smallest absolute Gasteiger partial charge is 0.0738 e. The van der Waals surface area contributed by atoms with Crippen LogP contribution in [0.5, 0.6) is 0 Å². The van der Waals surface area contributed by atoms with E-state index in [-0.39, 0.29) is 0 Å². The molecule has 0 aromatic heterocycles. The van der Waals surface area contributed by atoms with Gasteiger partial charge in [-0.05, 0) is 48.5 Å². The minimum absolute atomic E-state index is 0.575. The van der Waals surface area contributed by atoms with Crippen LogP contribution in [0, 0.1) is 6.92 Å². The molecule has 3 aliphatic rings. The molecular formula is C25H27N3O. The topological polar surface area (TPSA) is 36.5 Å². The van der Waals surface area contributed by atoms with E-state index >= 15 is 0 Å². The van der Waals surface area contributed by atoms with Gasteiger partial charge in [0.15, 0.2) is 0 Å². The van der Waals surface area contributed by atoms with Gasteiger partial charge in [0.2, 0.25) is 0 Å². The van der Waals surface area contributed by atoms with Gasteiger partial charge in [-0.1, -0.05) is 36.4 Å². The van der Waals surface area contributed by atoms with Crippen molar-refractivity contribution in [3.05, 3.63) is 65.2 Å². The largest absolute Gasteiger partial charge is 0.375 e. The maximum Gasteiger partial charge on any atom is 0.0738 e. The van der Waals surface area contributed by atoms with E-state index in [1.807, 2.05) is 0 Å². The molecule has 2 N–H and O–H groups in total. The molecule has 0 amide bonds. The molecule has 148 valence electrons. The van der Waals surface area contributed by atoms with Crippen LogP contribution >= 0.6 is 0 Å². The van der Waals surface area contributed by atoms with E-state index in [2.05, 4.69) is 71.0 Å². The summed E-state index contributed by atoms with van der Waals surface area (Å²) in [6.07, 6.45) is 1.21. The Kier molecular flexibility index (Phi) is 4.03. The molecule has 0 bridgehead atoms. The predicted octanol–water partition coefficient (Wildman–Crippen LogP) is 4.69. The van der Waals surface area contributed by atoms with Crippen LogP contribution < -0.4 is 15.5 Å². The molecule has 0 radical (unpaired) electrons. The lowest BCUT2D eigenvalue weighted by Gasteiger charge is -2.33. The summed E-state index contributed by atoms with van der Waals surface area (Å²) in [6.45, 7) is 6.90. The Bertz CT molecular complexity index is 1090. The Morgan fingerprint density at radius 3 is 3.03 bits per heavy atom. The average Bonchev–Trinajstić information content (AvgIpc) is 2.91. The first-order valence-electron chi connectivity index (χ1n) is 10.8. The number of fused-ring (bicyclic) bond motifs is 4. The van der Waals surface area contributed by atoms with E-state index in [1.54, 1.807) is 0 Å². The van der Waals surface area contributed by atoms with Gasteiger partial charge in [-0.2, -0.15) is 0 Å². The van der Waals surface area contributed by atoms with Gasteiger partial charge in [0.1, 0.15) is 0 Å². The summed E-state index contributed by atoms with van der Waals surface area (Å²) in [6, 6.07) is 18.3. The first-order chi connectivity index (χ1) is 14.3. The molecule has 1 fully saturated rings. The maximum absolute atomic E-state index is 5.97. The number of piperidine rings is 1. The molecule has 3 aliphatic heterocycles. The maximum atomic E-state index is 5.97. The Labute approximate surface area is 171 Å². The average molecular weight is 386 g/mol. The van der Waals surface area contributed by atoms with Gasteiger partial charge >= 0.3 is 0 Å². The molecule has 4 nitrogen and oxygen atoms in total. The molecule has 3 aromatic carbocycles. The third kappa shape index (κ3) is 2.74. The van der Waals surface area contributed by atoms with Gasteiger partial charge in [-0.3, -0.25) is 0 Å². The Hall–Kier alpha value is -2.56. The van der Waals surface area contributed by atoms with Gasteiger partial charge in [-0.15, -0.1) is 0 Å². The summed E-state index contributed by atoms with van der Waals surface area (Å²) in [4.78, 5) is 2.64. The summed E-state index contributed by atoms with van der Waals surface area (Å²) in [5, 5.41) is 9.94. The number of aryl methyl sites for hydroxylation is 1. The molecule has 1 saturated heterocycles. The standard InChI is InChI=1S/C25H27N3O/c1-16-6-7-17-4-2-3-5-20(17)24(16)27-19-12-18-15-29-11-10-28-23-8-9-26-14-22(23)21(13-19)25(18)28/h2-7,12-13,22-23,26-27H,8-11,14-15H2,1H3/t22-,23-/m0/s1. The molecule has 0 aliphatic carbocycles. The van der Waals surface area contributed by atoms with Gasteiger partial charge in [0, 0.05) is 53.1 Å². The summed E-state index contributed by atoms with van der Waals surface area (Å²) < 4.78 is 5.97. The molecule has 6 rings (SSSR count). The van der Waals surface area contributed by atoms with Crippen LogP contribution in [0.15, 0.2) is 48.5 Å². The molecule has 3 heterocycles. The van der Waals surface area contributed by atoms with Crippen LogP contribution in [0.4, 0.5) is 17.1 Å². The zero-order chi connectivity index (χ0) is 19.4. The monoisotopic (exact) mass is 385 g/mol. The fourth-order valence-corrected chi connectivity index (χ4v) is 5.55. The van der Waals surface area contributed by atoms with Crippen molar-refractivity contribution >= 4 is 27.8 Å². The number of hydrogen-bond acceptors (Lipinski definition) is 4. The fraction of sp³-hybridized carbons (Fsp3) is 0.360. The highest BCUT2D eigenvalue weighted by atomic mass is 16.5. The van der Waals surface area contributed by atoms with Crippen LogP contribution in [0.25, 0.3) is 10.8 Å². The lowest BCUT2D eigenvalue weighted by Crippen LogP contribution is -2.44. The van der Waals surface area contributed by atoms with Crippen molar-refractivity contribution in [2.75, 3.05) is 36.5 Å². The molecule has 2 atom stereocenters.